The molecule has 1 atom stereocenters. The van der Waals surface area contributed by atoms with Gasteiger partial charge < -0.3 is 10.1 Å². The van der Waals surface area contributed by atoms with Crippen LogP contribution in [0.4, 0.5) is 0 Å². The predicted molar refractivity (Wildman–Crippen MR) is 59.3 cm³/mol. The van der Waals surface area contributed by atoms with Gasteiger partial charge in [-0.3, -0.25) is 0 Å². The quantitative estimate of drug-likeness (QED) is 0.708. The van der Waals surface area contributed by atoms with E-state index in [0.717, 1.165) is 6.54 Å². The van der Waals surface area contributed by atoms with Crippen molar-refractivity contribution < 1.29 is 13.2 Å². The van der Waals surface area contributed by atoms with Gasteiger partial charge in [-0.1, -0.05) is 6.92 Å². The molecule has 0 radical (unpaired) electrons. The highest BCUT2D eigenvalue weighted by atomic mass is 32.2. The Labute approximate surface area is 91.8 Å². The van der Waals surface area contributed by atoms with Gasteiger partial charge in [-0.2, -0.15) is 4.31 Å². The van der Waals surface area contributed by atoms with Crippen LogP contribution in [0.2, 0.25) is 0 Å². The molecule has 0 aromatic heterocycles. The second kappa shape index (κ2) is 5.79. The molecule has 1 fully saturated rings. The van der Waals surface area contributed by atoms with Crippen LogP contribution < -0.4 is 5.32 Å². The number of ether oxygens (including phenoxy) is 1. The van der Waals surface area contributed by atoms with Crippen LogP contribution in [-0.2, 0) is 14.8 Å². The van der Waals surface area contributed by atoms with Crippen molar-refractivity contribution in [3.8, 4) is 0 Å². The lowest BCUT2D eigenvalue weighted by molar-refractivity contribution is 0.0726. The monoisotopic (exact) mass is 236 g/mol. The lowest BCUT2D eigenvalue weighted by Gasteiger charge is -2.28. The van der Waals surface area contributed by atoms with E-state index in [0.29, 0.717) is 32.8 Å². The first-order chi connectivity index (χ1) is 7.09. The van der Waals surface area contributed by atoms with Crippen molar-refractivity contribution in [3.05, 3.63) is 0 Å². The lowest BCUT2D eigenvalue weighted by atomic mass is 10.5. The Balaban J connectivity index is 2.55. The molecule has 0 saturated carbocycles. The summed E-state index contributed by atoms with van der Waals surface area (Å²) in [5.41, 5.74) is 0. The Morgan fingerprint density at radius 2 is 2.00 bits per heavy atom. The topological polar surface area (TPSA) is 58.6 Å². The highest BCUT2D eigenvalue weighted by Crippen LogP contribution is 2.10. The molecule has 1 aliphatic heterocycles. The molecule has 1 heterocycles. The van der Waals surface area contributed by atoms with Crippen LogP contribution >= 0.6 is 0 Å². The van der Waals surface area contributed by atoms with Crippen molar-refractivity contribution in [2.75, 3.05) is 39.4 Å². The summed E-state index contributed by atoms with van der Waals surface area (Å²) in [6, 6.07) is 0. The van der Waals surface area contributed by atoms with Gasteiger partial charge in [0.15, 0.2) is 0 Å². The zero-order valence-corrected chi connectivity index (χ0v) is 10.2. The Hall–Kier alpha value is -0.170. The summed E-state index contributed by atoms with van der Waals surface area (Å²) in [5.74, 6) is 0. The number of morpholine rings is 1. The van der Waals surface area contributed by atoms with Gasteiger partial charge >= 0.3 is 0 Å². The summed E-state index contributed by atoms with van der Waals surface area (Å²) >= 11 is 0. The van der Waals surface area contributed by atoms with Gasteiger partial charge in [0.2, 0.25) is 10.0 Å². The standard InChI is InChI=1S/C9H20N2O3S/c1-3-10-8-9(2)15(12,13)11-4-6-14-7-5-11/h9-10H,3-8H2,1-2H3. The van der Waals surface area contributed by atoms with E-state index in [4.69, 9.17) is 4.74 Å². The number of hydrogen-bond acceptors (Lipinski definition) is 4. The van der Waals surface area contributed by atoms with E-state index in [1.165, 1.54) is 4.31 Å². The minimum absolute atomic E-state index is 0.365. The molecule has 0 amide bonds. The van der Waals surface area contributed by atoms with E-state index in [1.807, 2.05) is 6.92 Å². The van der Waals surface area contributed by atoms with Gasteiger partial charge in [-0.25, -0.2) is 8.42 Å². The first-order valence-electron chi connectivity index (χ1n) is 5.36. The predicted octanol–water partition coefficient (Wildman–Crippen LogP) is -0.354. The SMILES string of the molecule is CCNCC(C)S(=O)(=O)N1CCOCC1. The molecular weight excluding hydrogens is 216 g/mol. The maximum atomic E-state index is 12.0. The molecular formula is C9H20N2O3S. The normalized spacial score (nSPS) is 21.5. The summed E-state index contributed by atoms with van der Waals surface area (Å²) in [7, 11) is -3.14. The van der Waals surface area contributed by atoms with Crippen LogP contribution in [0.25, 0.3) is 0 Å². The minimum Gasteiger partial charge on any atom is -0.379 e. The van der Waals surface area contributed by atoms with Crippen molar-refractivity contribution in [1.82, 2.24) is 9.62 Å². The molecule has 6 heteroatoms. The molecule has 15 heavy (non-hydrogen) atoms. The van der Waals surface area contributed by atoms with Crippen LogP contribution in [0.3, 0.4) is 0 Å². The average Bonchev–Trinajstić information content (AvgIpc) is 2.27. The van der Waals surface area contributed by atoms with Crippen LogP contribution in [0.15, 0.2) is 0 Å². The maximum absolute atomic E-state index is 12.0. The fourth-order valence-electron chi connectivity index (χ4n) is 1.51. The van der Waals surface area contributed by atoms with E-state index >= 15 is 0 Å². The van der Waals surface area contributed by atoms with Gasteiger partial charge in [0.25, 0.3) is 0 Å². The van der Waals surface area contributed by atoms with Gasteiger partial charge in [0.05, 0.1) is 18.5 Å². The molecule has 0 aliphatic carbocycles. The first-order valence-corrected chi connectivity index (χ1v) is 6.86. The molecule has 0 aromatic carbocycles. The van der Waals surface area contributed by atoms with E-state index in [-0.39, 0.29) is 5.25 Å². The van der Waals surface area contributed by atoms with Gasteiger partial charge in [0.1, 0.15) is 0 Å². The second-order valence-corrected chi connectivity index (χ2v) is 6.03. The Kier molecular flexibility index (Phi) is 4.98. The maximum Gasteiger partial charge on any atom is 0.218 e. The van der Waals surface area contributed by atoms with Crippen molar-refractivity contribution in [3.63, 3.8) is 0 Å². The molecule has 0 bridgehead atoms. The second-order valence-electron chi connectivity index (χ2n) is 3.67. The molecule has 1 N–H and O–H groups in total. The van der Waals surface area contributed by atoms with Gasteiger partial charge in [-0.15, -0.1) is 0 Å². The van der Waals surface area contributed by atoms with Crippen molar-refractivity contribution in [2.45, 2.75) is 19.1 Å². The third kappa shape index (κ3) is 3.41. The van der Waals surface area contributed by atoms with Gasteiger partial charge in [-0.05, 0) is 13.5 Å². The third-order valence-corrected chi connectivity index (χ3v) is 4.79. The highest BCUT2D eigenvalue weighted by Gasteiger charge is 2.29. The van der Waals surface area contributed by atoms with E-state index < -0.39 is 10.0 Å². The number of sulfonamides is 1. The Morgan fingerprint density at radius 3 is 2.53 bits per heavy atom. The van der Waals surface area contributed by atoms with Crippen LogP contribution in [0.1, 0.15) is 13.8 Å². The fraction of sp³-hybridized carbons (Fsp3) is 1.00. The first kappa shape index (κ1) is 12.9. The Morgan fingerprint density at radius 1 is 1.40 bits per heavy atom. The molecule has 90 valence electrons. The summed E-state index contributed by atoms with van der Waals surface area (Å²) in [6.45, 7) is 7.00. The van der Waals surface area contributed by atoms with E-state index in [2.05, 4.69) is 5.32 Å². The highest BCUT2D eigenvalue weighted by molar-refractivity contribution is 7.89. The average molecular weight is 236 g/mol. The number of hydrogen-bond donors (Lipinski definition) is 1. The van der Waals surface area contributed by atoms with Gasteiger partial charge in [0, 0.05) is 19.6 Å². The van der Waals surface area contributed by atoms with Crippen molar-refractivity contribution >= 4 is 10.0 Å². The molecule has 1 saturated heterocycles. The minimum atomic E-state index is -3.14. The molecule has 1 aliphatic rings. The lowest BCUT2D eigenvalue weighted by Crippen LogP contribution is -2.46. The van der Waals surface area contributed by atoms with E-state index in [1.54, 1.807) is 6.92 Å². The third-order valence-electron chi connectivity index (χ3n) is 2.52. The van der Waals surface area contributed by atoms with Crippen molar-refractivity contribution in [1.29, 1.82) is 0 Å². The van der Waals surface area contributed by atoms with Crippen LogP contribution in [0, 0.1) is 0 Å². The van der Waals surface area contributed by atoms with Crippen LogP contribution in [-0.4, -0.2) is 57.4 Å². The number of nitrogens with one attached hydrogen (secondary N) is 1. The number of rotatable bonds is 5. The fourth-order valence-corrected chi connectivity index (χ4v) is 3.00. The van der Waals surface area contributed by atoms with E-state index in [9.17, 15) is 8.42 Å². The molecule has 0 aromatic rings. The summed E-state index contributed by atoms with van der Waals surface area (Å²) in [4.78, 5) is 0. The number of nitrogens with zero attached hydrogens (tertiary/aromatic N) is 1. The zero-order chi connectivity index (χ0) is 11.3. The summed E-state index contributed by atoms with van der Waals surface area (Å²) in [5, 5.41) is 2.69. The molecule has 0 spiro atoms. The largest absolute Gasteiger partial charge is 0.379 e. The Bertz CT molecular complexity index is 273. The zero-order valence-electron chi connectivity index (χ0n) is 9.40. The molecule has 1 rings (SSSR count). The summed E-state index contributed by atoms with van der Waals surface area (Å²) in [6.07, 6.45) is 0. The molecule has 5 nitrogen and oxygen atoms in total. The summed E-state index contributed by atoms with van der Waals surface area (Å²) < 4.78 is 30.7. The molecule has 1 unspecified atom stereocenters. The van der Waals surface area contributed by atoms with Crippen LogP contribution in [0.5, 0.6) is 0 Å². The van der Waals surface area contributed by atoms with Crippen molar-refractivity contribution in [2.24, 2.45) is 0 Å². The smallest absolute Gasteiger partial charge is 0.218 e.